The highest BCUT2D eigenvalue weighted by atomic mass is 32.1. The van der Waals surface area contributed by atoms with Gasteiger partial charge in [-0.3, -0.25) is 9.59 Å². The van der Waals surface area contributed by atoms with Crippen molar-refractivity contribution in [2.45, 2.75) is 25.7 Å². The van der Waals surface area contributed by atoms with Crippen molar-refractivity contribution in [2.24, 2.45) is 0 Å². The van der Waals surface area contributed by atoms with Crippen LogP contribution in [0.25, 0.3) is 10.2 Å². The fourth-order valence-electron chi connectivity index (χ4n) is 1.95. The third kappa shape index (κ3) is 2.65. The first kappa shape index (κ1) is 13.1. The van der Waals surface area contributed by atoms with E-state index in [1.165, 1.54) is 17.8 Å². The van der Waals surface area contributed by atoms with Gasteiger partial charge in [-0.25, -0.2) is 4.98 Å². The Morgan fingerprint density at radius 1 is 1.35 bits per heavy atom. The van der Waals surface area contributed by atoms with Gasteiger partial charge in [-0.1, -0.05) is 0 Å². The summed E-state index contributed by atoms with van der Waals surface area (Å²) in [6.45, 7) is 2.21. The number of aromatic nitrogens is 1. The van der Waals surface area contributed by atoms with Gasteiger partial charge in [0.15, 0.2) is 0 Å². The number of hydrogen-bond acceptors (Lipinski definition) is 4. The summed E-state index contributed by atoms with van der Waals surface area (Å²) < 4.78 is 1.04. The third-order valence-corrected chi connectivity index (χ3v) is 4.31. The van der Waals surface area contributed by atoms with Crippen LogP contribution in [0.1, 0.15) is 30.7 Å². The van der Waals surface area contributed by atoms with E-state index in [9.17, 15) is 9.59 Å². The number of anilines is 1. The van der Waals surface area contributed by atoms with Gasteiger partial charge in [0.2, 0.25) is 0 Å². The van der Waals surface area contributed by atoms with E-state index in [0.29, 0.717) is 18.2 Å². The molecular formula is C14H15N3O2S. The summed E-state index contributed by atoms with van der Waals surface area (Å²) in [5.41, 5.74) is 1.58. The molecule has 5 nitrogen and oxygen atoms in total. The maximum Gasteiger partial charge on any atom is 0.313 e. The molecule has 0 saturated heterocycles. The summed E-state index contributed by atoms with van der Waals surface area (Å²) in [5, 5.41) is 6.24. The van der Waals surface area contributed by atoms with E-state index in [-0.39, 0.29) is 0 Å². The van der Waals surface area contributed by atoms with Crippen molar-refractivity contribution in [3.8, 4) is 0 Å². The van der Waals surface area contributed by atoms with Crippen LogP contribution in [0.4, 0.5) is 5.69 Å². The Bertz CT molecular complexity index is 676. The topological polar surface area (TPSA) is 71.1 Å². The molecular weight excluding hydrogens is 274 g/mol. The van der Waals surface area contributed by atoms with Gasteiger partial charge < -0.3 is 10.6 Å². The highest BCUT2D eigenvalue weighted by molar-refractivity contribution is 7.18. The van der Waals surface area contributed by atoms with Crippen LogP contribution in [0.2, 0.25) is 0 Å². The van der Waals surface area contributed by atoms with E-state index in [0.717, 1.165) is 10.2 Å². The van der Waals surface area contributed by atoms with Crippen LogP contribution < -0.4 is 10.6 Å². The van der Waals surface area contributed by atoms with Crippen LogP contribution >= 0.6 is 11.3 Å². The molecule has 6 heteroatoms. The maximum absolute atomic E-state index is 11.6. The Balaban J connectivity index is 1.78. The van der Waals surface area contributed by atoms with Crippen molar-refractivity contribution in [1.29, 1.82) is 0 Å². The highest BCUT2D eigenvalue weighted by Crippen LogP contribution is 2.43. The summed E-state index contributed by atoms with van der Waals surface area (Å²) in [4.78, 5) is 27.6. The molecule has 0 spiro atoms. The quantitative estimate of drug-likeness (QED) is 0.851. The number of fused-ring (bicyclic) bond motifs is 1. The average molecular weight is 289 g/mol. The number of likely N-dealkylation sites (N-methyl/N-ethyl adjacent to an activating group) is 1. The molecule has 2 amide bonds. The highest BCUT2D eigenvalue weighted by Gasteiger charge is 2.27. The Morgan fingerprint density at radius 2 is 2.15 bits per heavy atom. The predicted octanol–water partition coefficient (Wildman–Crippen LogP) is 2.25. The summed E-state index contributed by atoms with van der Waals surface area (Å²) >= 11 is 1.66. The number of nitrogens with one attached hydrogen (secondary N) is 2. The van der Waals surface area contributed by atoms with Crippen LogP contribution in [0, 0.1) is 0 Å². The van der Waals surface area contributed by atoms with Crippen LogP contribution in [0.5, 0.6) is 0 Å². The van der Waals surface area contributed by atoms with Crippen LogP contribution in [-0.2, 0) is 9.59 Å². The molecule has 0 atom stereocenters. The number of hydrogen-bond donors (Lipinski definition) is 2. The fourth-order valence-corrected chi connectivity index (χ4v) is 3.13. The molecule has 1 saturated carbocycles. The molecule has 0 radical (unpaired) electrons. The lowest BCUT2D eigenvalue weighted by molar-refractivity contribution is -0.136. The minimum absolute atomic E-state index is 0.435. The van der Waals surface area contributed by atoms with Gasteiger partial charge in [0.1, 0.15) is 0 Å². The molecule has 104 valence electrons. The number of nitrogens with zero attached hydrogens (tertiary/aromatic N) is 1. The van der Waals surface area contributed by atoms with E-state index < -0.39 is 11.8 Å². The largest absolute Gasteiger partial charge is 0.348 e. The number of carbonyl (C=O) groups excluding carboxylic acids is 2. The molecule has 2 aromatic rings. The van der Waals surface area contributed by atoms with E-state index in [1.54, 1.807) is 24.3 Å². The number of rotatable bonds is 3. The molecule has 1 fully saturated rings. The van der Waals surface area contributed by atoms with Crippen LogP contribution in [-0.4, -0.2) is 23.3 Å². The Hall–Kier alpha value is -1.95. The predicted molar refractivity (Wildman–Crippen MR) is 78.9 cm³/mol. The van der Waals surface area contributed by atoms with Crippen molar-refractivity contribution in [3.05, 3.63) is 23.2 Å². The molecule has 1 aromatic heterocycles. The molecule has 3 rings (SSSR count). The lowest BCUT2D eigenvalue weighted by atomic mass is 10.3. The van der Waals surface area contributed by atoms with Crippen molar-refractivity contribution >= 4 is 39.1 Å². The maximum atomic E-state index is 11.6. The second-order valence-corrected chi connectivity index (χ2v) is 5.88. The van der Waals surface area contributed by atoms with Gasteiger partial charge in [0.05, 0.1) is 15.2 Å². The van der Waals surface area contributed by atoms with Gasteiger partial charge in [0.25, 0.3) is 0 Å². The molecule has 0 unspecified atom stereocenters. The average Bonchev–Trinajstić information content (AvgIpc) is 3.19. The third-order valence-electron chi connectivity index (χ3n) is 3.13. The van der Waals surface area contributed by atoms with E-state index in [1.807, 2.05) is 12.1 Å². The van der Waals surface area contributed by atoms with Gasteiger partial charge in [-0.15, -0.1) is 11.3 Å². The van der Waals surface area contributed by atoms with Gasteiger partial charge in [-0.05, 0) is 38.0 Å². The molecule has 1 aliphatic carbocycles. The zero-order chi connectivity index (χ0) is 14.1. The molecule has 0 aliphatic heterocycles. The summed E-state index contributed by atoms with van der Waals surface area (Å²) in [6, 6.07) is 5.52. The van der Waals surface area contributed by atoms with E-state index >= 15 is 0 Å². The lowest BCUT2D eigenvalue weighted by Gasteiger charge is -2.04. The lowest BCUT2D eigenvalue weighted by Crippen LogP contribution is -2.35. The van der Waals surface area contributed by atoms with E-state index in [4.69, 9.17) is 0 Å². The molecule has 2 N–H and O–H groups in total. The molecule has 20 heavy (non-hydrogen) atoms. The molecule has 1 aromatic carbocycles. The van der Waals surface area contributed by atoms with E-state index in [2.05, 4.69) is 15.6 Å². The first-order chi connectivity index (χ1) is 9.67. The second kappa shape index (κ2) is 5.20. The minimum atomic E-state index is -0.641. The number of thiazole rings is 1. The molecule has 1 heterocycles. The van der Waals surface area contributed by atoms with Crippen molar-refractivity contribution in [1.82, 2.24) is 10.3 Å². The second-order valence-electron chi connectivity index (χ2n) is 4.82. The van der Waals surface area contributed by atoms with Crippen molar-refractivity contribution < 1.29 is 9.59 Å². The van der Waals surface area contributed by atoms with Gasteiger partial charge >= 0.3 is 11.8 Å². The summed E-state index contributed by atoms with van der Waals surface area (Å²) in [5.74, 6) is -0.630. The van der Waals surface area contributed by atoms with Gasteiger partial charge in [0, 0.05) is 18.2 Å². The fraction of sp³-hybridized carbons (Fsp3) is 0.357. The van der Waals surface area contributed by atoms with Crippen molar-refractivity contribution in [2.75, 3.05) is 11.9 Å². The first-order valence-electron chi connectivity index (χ1n) is 6.67. The van der Waals surface area contributed by atoms with Gasteiger partial charge in [-0.2, -0.15) is 0 Å². The Labute approximate surface area is 120 Å². The number of carbonyl (C=O) groups is 2. The normalized spacial score (nSPS) is 14.2. The minimum Gasteiger partial charge on any atom is -0.348 e. The smallest absolute Gasteiger partial charge is 0.313 e. The van der Waals surface area contributed by atoms with Crippen molar-refractivity contribution in [3.63, 3.8) is 0 Å². The monoisotopic (exact) mass is 289 g/mol. The summed E-state index contributed by atoms with van der Waals surface area (Å²) in [6.07, 6.45) is 2.45. The Kier molecular flexibility index (Phi) is 3.40. The number of amides is 2. The molecule has 1 aliphatic rings. The van der Waals surface area contributed by atoms with Crippen LogP contribution in [0.15, 0.2) is 18.2 Å². The number of benzene rings is 1. The first-order valence-corrected chi connectivity index (χ1v) is 7.48. The zero-order valence-corrected chi connectivity index (χ0v) is 11.9. The van der Waals surface area contributed by atoms with Crippen LogP contribution in [0.3, 0.4) is 0 Å². The SMILES string of the molecule is CCNC(=O)C(=O)Nc1ccc2nc(C3CC3)sc2c1. The Morgan fingerprint density at radius 3 is 2.85 bits per heavy atom. The zero-order valence-electron chi connectivity index (χ0n) is 11.1. The standard InChI is InChI=1S/C14H15N3O2S/c1-2-15-12(18)13(19)16-9-5-6-10-11(7-9)20-14(17-10)8-3-4-8/h5-8H,2-4H2,1H3,(H,15,18)(H,16,19). The molecule has 0 bridgehead atoms. The summed E-state index contributed by atoms with van der Waals surface area (Å²) in [7, 11) is 0.